The first-order chi connectivity index (χ1) is 14.9. The van der Waals surface area contributed by atoms with Gasteiger partial charge in [-0.15, -0.1) is 15.7 Å². The number of aromatic nitrogens is 2. The molecule has 174 valence electrons. The zero-order valence-corrected chi connectivity index (χ0v) is 19.2. The molecule has 2 aliphatic rings. The number of hydrogen-bond acceptors (Lipinski definition) is 6. The van der Waals surface area contributed by atoms with E-state index in [4.69, 9.17) is 0 Å². The van der Waals surface area contributed by atoms with Crippen molar-refractivity contribution in [2.45, 2.75) is 74.3 Å². The Morgan fingerprint density at radius 2 is 2.06 bits per heavy atom. The van der Waals surface area contributed by atoms with Crippen LogP contribution in [0.2, 0.25) is 0 Å². The zero-order chi connectivity index (χ0) is 23.3. The lowest BCUT2D eigenvalue weighted by Crippen LogP contribution is -2.19. The molecule has 2 N–H and O–H groups in total. The number of anilines is 1. The van der Waals surface area contributed by atoms with Crippen LogP contribution in [0.1, 0.15) is 66.6 Å². The Labute approximate surface area is 188 Å². The highest BCUT2D eigenvalue weighted by Crippen LogP contribution is 2.48. The van der Waals surface area contributed by atoms with Gasteiger partial charge < -0.3 is 10.4 Å². The first-order valence-corrected chi connectivity index (χ1v) is 12.2. The van der Waals surface area contributed by atoms with E-state index >= 15 is 0 Å². The zero-order valence-electron chi connectivity index (χ0n) is 17.5. The Kier molecular flexibility index (Phi) is 6.05. The summed E-state index contributed by atoms with van der Waals surface area (Å²) >= 11 is 0.990. The number of rotatable bonds is 5. The summed E-state index contributed by atoms with van der Waals surface area (Å²) in [5, 5.41) is 13.0. The van der Waals surface area contributed by atoms with Crippen molar-refractivity contribution < 1.29 is 27.3 Å². The number of carbonyl (C=O) groups is 1. The summed E-state index contributed by atoms with van der Waals surface area (Å²) in [6.07, 6.45) is -0.879. The van der Waals surface area contributed by atoms with Crippen LogP contribution in [0.4, 0.5) is 23.7 Å². The van der Waals surface area contributed by atoms with Crippen LogP contribution in [-0.2, 0) is 35.5 Å². The molecule has 1 fully saturated rings. The molecule has 2 amide bonds. The number of nitrogens with one attached hydrogen (secondary N) is 1. The fraction of sp³-hybridized carbons (Fsp3) is 0.550. The molecular weight excluding hydrogens is 465 g/mol. The number of hydrogen-bond donors (Lipinski definition) is 3. The molecule has 2 aromatic rings. The SMILES string of the molecule is CC(C)(O)c1ncc(/[SH](=O)=N/C(=O)Nc2c3c(nc(CC(F)(F)F)c2C2CC2)CCC3)s1. The number of alkyl halides is 3. The van der Waals surface area contributed by atoms with Gasteiger partial charge in [0.05, 0.1) is 34.6 Å². The fourth-order valence-corrected chi connectivity index (χ4v) is 5.65. The summed E-state index contributed by atoms with van der Waals surface area (Å²) in [5.74, 6) is -0.0781. The van der Waals surface area contributed by atoms with Gasteiger partial charge in [0, 0.05) is 11.3 Å². The lowest BCUT2D eigenvalue weighted by atomic mass is 9.99. The predicted octanol–water partition coefficient (Wildman–Crippen LogP) is 4.49. The molecule has 0 aromatic carbocycles. The van der Waals surface area contributed by atoms with Crippen LogP contribution in [0.3, 0.4) is 0 Å². The van der Waals surface area contributed by atoms with E-state index in [0.717, 1.165) is 36.2 Å². The molecule has 7 nitrogen and oxygen atoms in total. The number of amides is 2. The van der Waals surface area contributed by atoms with Crippen LogP contribution in [0.25, 0.3) is 0 Å². The van der Waals surface area contributed by atoms with Crippen molar-refractivity contribution in [3.63, 3.8) is 0 Å². The smallest absolute Gasteiger partial charge is 0.383 e. The van der Waals surface area contributed by atoms with Crippen molar-refractivity contribution in [1.29, 1.82) is 0 Å². The van der Waals surface area contributed by atoms with Crippen molar-refractivity contribution in [2.75, 3.05) is 5.32 Å². The fourth-order valence-electron chi connectivity index (χ4n) is 3.83. The lowest BCUT2D eigenvalue weighted by molar-refractivity contribution is -0.128. The van der Waals surface area contributed by atoms with Crippen LogP contribution in [0, 0.1) is 0 Å². The number of halogens is 3. The van der Waals surface area contributed by atoms with Gasteiger partial charge >= 0.3 is 12.2 Å². The number of aliphatic hydroxyl groups is 1. The van der Waals surface area contributed by atoms with Crippen molar-refractivity contribution in [3.8, 4) is 0 Å². The van der Waals surface area contributed by atoms with E-state index in [9.17, 15) is 27.3 Å². The highest BCUT2D eigenvalue weighted by Gasteiger charge is 2.38. The van der Waals surface area contributed by atoms with Crippen molar-refractivity contribution in [2.24, 2.45) is 4.36 Å². The molecule has 0 radical (unpaired) electrons. The molecule has 12 heteroatoms. The Bertz CT molecular complexity index is 1140. The Hall–Kier alpha value is -2.05. The quantitative estimate of drug-likeness (QED) is 0.538. The summed E-state index contributed by atoms with van der Waals surface area (Å²) in [6.45, 7) is 3.07. The van der Waals surface area contributed by atoms with Crippen molar-refractivity contribution >= 4 is 33.7 Å². The number of thiol groups is 1. The van der Waals surface area contributed by atoms with E-state index in [2.05, 4.69) is 19.6 Å². The number of thiazole rings is 1. The summed E-state index contributed by atoms with van der Waals surface area (Å²) in [7, 11) is -2.47. The molecule has 4 rings (SSSR count). The molecule has 1 saturated carbocycles. The molecule has 2 heterocycles. The molecule has 2 aliphatic carbocycles. The third kappa shape index (κ3) is 5.12. The lowest BCUT2D eigenvalue weighted by Gasteiger charge is -2.19. The van der Waals surface area contributed by atoms with Gasteiger partial charge in [0.25, 0.3) is 0 Å². The molecule has 0 aliphatic heterocycles. The maximum Gasteiger partial charge on any atom is 0.394 e. The molecule has 1 unspecified atom stereocenters. The second-order valence-electron chi connectivity index (χ2n) is 8.56. The van der Waals surface area contributed by atoms with Gasteiger partial charge in [-0.3, -0.25) is 4.98 Å². The number of carbonyl (C=O) groups excluding carboxylic acids is 1. The number of urea groups is 1. The Balaban J connectivity index is 1.66. The third-order valence-corrected chi connectivity index (χ3v) is 8.02. The molecule has 1 atom stereocenters. The van der Waals surface area contributed by atoms with Crippen LogP contribution in [-0.4, -0.2) is 31.5 Å². The van der Waals surface area contributed by atoms with Crippen LogP contribution < -0.4 is 5.32 Å². The minimum absolute atomic E-state index is 0.0439. The number of fused-ring (bicyclic) bond motifs is 1. The number of nitrogens with zero attached hydrogens (tertiary/aromatic N) is 3. The van der Waals surface area contributed by atoms with Gasteiger partial charge in [-0.1, -0.05) is 0 Å². The summed E-state index contributed by atoms with van der Waals surface area (Å²) in [5.41, 5.74) is 0.853. The first-order valence-electron chi connectivity index (χ1n) is 10.2. The van der Waals surface area contributed by atoms with E-state index in [0.29, 0.717) is 34.8 Å². The highest BCUT2D eigenvalue weighted by molar-refractivity contribution is 7.78. The Morgan fingerprint density at radius 1 is 1.34 bits per heavy atom. The second-order valence-corrected chi connectivity index (χ2v) is 11.1. The largest absolute Gasteiger partial charge is 0.394 e. The standard InChI is InChI=1S/C20H23F3N4O3S2/c1-19(2,29)17-24-9-14(31-17)32(30)27-18(28)26-16-11-4-3-5-12(11)25-13(8-20(21,22)23)15(16)10-6-7-10/h9-10,29,32H,3-8H2,1-2H3,(H,25,26,28). The molecular formula is C20H23F3N4O3S2. The van der Waals surface area contributed by atoms with Crippen LogP contribution in [0.5, 0.6) is 0 Å². The van der Waals surface area contributed by atoms with E-state index in [-0.39, 0.29) is 15.8 Å². The number of pyridine rings is 1. The maximum atomic E-state index is 13.2. The van der Waals surface area contributed by atoms with Crippen molar-refractivity contribution in [3.05, 3.63) is 33.7 Å². The number of aryl methyl sites for hydroxylation is 1. The van der Waals surface area contributed by atoms with Gasteiger partial charge in [0.2, 0.25) is 0 Å². The third-order valence-electron chi connectivity index (χ3n) is 5.31. The minimum Gasteiger partial charge on any atom is -0.383 e. The molecule has 0 bridgehead atoms. The van der Waals surface area contributed by atoms with E-state index in [1.54, 1.807) is 0 Å². The van der Waals surface area contributed by atoms with E-state index in [1.807, 2.05) is 0 Å². The van der Waals surface area contributed by atoms with Crippen LogP contribution in [0.15, 0.2) is 14.8 Å². The van der Waals surface area contributed by atoms with Gasteiger partial charge in [0.1, 0.15) is 14.8 Å². The molecule has 0 spiro atoms. The topological polar surface area (TPSA) is 105 Å². The average Bonchev–Trinajstić information content (AvgIpc) is 3.15. The van der Waals surface area contributed by atoms with E-state index in [1.165, 1.54) is 20.0 Å². The Morgan fingerprint density at radius 3 is 2.66 bits per heavy atom. The van der Waals surface area contributed by atoms with Crippen molar-refractivity contribution in [1.82, 2.24) is 9.97 Å². The van der Waals surface area contributed by atoms with E-state index < -0.39 is 34.8 Å². The van der Waals surface area contributed by atoms with Gasteiger partial charge in [-0.05, 0) is 57.4 Å². The summed E-state index contributed by atoms with van der Waals surface area (Å²) in [6, 6.07) is -0.885. The molecule has 2 aromatic heterocycles. The average molecular weight is 489 g/mol. The second kappa shape index (κ2) is 8.38. The summed E-state index contributed by atoms with van der Waals surface area (Å²) < 4.78 is 56.0. The first kappa shape index (κ1) is 23.1. The highest BCUT2D eigenvalue weighted by atomic mass is 32.2. The monoisotopic (exact) mass is 488 g/mol. The molecule has 0 saturated heterocycles. The normalized spacial score (nSPS) is 17.4. The maximum absolute atomic E-state index is 13.2. The van der Waals surface area contributed by atoms with Gasteiger partial charge in [-0.25, -0.2) is 14.0 Å². The van der Waals surface area contributed by atoms with Gasteiger partial charge in [0.15, 0.2) is 0 Å². The summed E-state index contributed by atoms with van der Waals surface area (Å²) in [4.78, 5) is 21.0. The van der Waals surface area contributed by atoms with Gasteiger partial charge in [-0.2, -0.15) is 13.2 Å². The van der Waals surface area contributed by atoms with Crippen LogP contribution >= 0.6 is 11.3 Å². The molecule has 32 heavy (non-hydrogen) atoms. The minimum atomic E-state index is -4.41. The predicted molar refractivity (Wildman–Crippen MR) is 115 cm³/mol.